The van der Waals surface area contributed by atoms with Crippen molar-refractivity contribution in [2.75, 3.05) is 18.5 Å². The molecular formula is C19H18ClNO3. The number of carbonyl (C=O) groups excluding carboxylic acids is 1. The number of fused-ring (bicyclic) bond motifs is 1. The molecule has 0 saturated heterocycles. The van der Waals surface area contributed by atoms with Crippen LogP contribution in [0.3, 0.4) is 0 Å². The van der Waals surface area contributed by atoms with Crippen molar-refractivity contribution >= 4 is 29.3 Å². The molecule has 1 aliphatic rings. The van der Waals surface area contributed by atoms with Gasteiger partial charge in [-0.2, -0.15) is 0 Å². The summed E-state index contributed by atoms with van der Waals surface area (Å²) in [4.78, 5) is 12.1. The van der Waals surface area contributed by atoms with Gasteiger partial charge in [-0.15, -0.1) is 0 Å². The first-order valence-electron chi connectivity index (χ1n) is 7.77. The van der Waals surface area contributed by atoms with Gasteiger partial charge in [0.15, 0.2) is 11.5 Å². The average molecular weight is 344 g/mol. The predicted molar refractivity (Wildman–Crippen MR) is 95.9 cm³/mol. The molecule has 1 N–H and O–H groups in total. The third-order valence-electron chi connectivity index (χ3n) is 3.60. The second-order valence-corrected chi connectivity index (χ2v) is 5.97. The zero-order valence-corrected chi connectivity index (χ0v) is 14.1. The van der Waals surface area contributed by atoms with Crippen molar-refractivity contribution in [2.45, 2.75) is 13.3 Å². The van der Waals surface area contributed by atoms with Gasteiger partial charge >= 0.3 is 0 Å². The van der Waals surface area contributed by atoms with E-state index in [2.05, 4.69) is 5.32 Å². The minimum Gasteiger partial charge on any atom is -0.490 e. The van der Waals surface area contributed by atoms with Crippen molar-refractivity contribution < 1.29 is 14.3 Å². The Bertz CT molecular complexity index is 769. The first-order valence-corrected chi connectivity index (χ1v) is 8.14. The smallest absolute Gasteiger partial charge is 0.248 e. The standard InChI is InChI=1S/C19H18ClNO3/c1-13-3-5-14(6-4-13)7-8-19(22)21-16-12-18-17(11-15(16)20)23-9-2-10-24-18/h3-8,11-12H,2,9-10H2,1H3,(H,21,22)/b8-7+. The van der Waals surface area contributed by atoms with Gasteiger partial charge in [-0.25, -0.2) is 0 Å². The van der Waals surface area contributed by atoms with E-state index >= 15 is 0 Å². The quantitative estimate of drug-likeness (QED) is 0.837. The Hall–Kier alpha value is -2.46. The lowest BCUT2D eigenvalue weighted by atomic mass is 10.1. The number of ether oxygens (including phenoxy) is 2. The van der Waals surface area contributed by atoms with Crippen LogP contribution in [0, 0.1) is 6.92 Å². The Morgan fingerprint density at radius 1 is 1.12 bits per heavy atom. The van der Waals surface area contributed by atoms with Crippen LogP contribution in [0.4, 0.5) is 5.69 Å². The summed E-state index contributed by atoms with van der Waals surface area (Å²) in [6, 6.07) is 11.3. The number of hydrogen-bond donors (Lipinski definition) is 1. The molecule has 1 aliphatic heterocycles. The average Bonchev–Trinajstić information content (AvgIpc) is 2.79. The molecule has 0 radical (unpaired) electrons. The molecule has 0 fully saturated rings. The minimum absolute atomic E-state index is 0.257. The summed E-state index contributed by atoms with van der Waals surface area (Å²) in [5.41, 5.74) is 2.63. The number of anilines is 1. The monoisotopic (exact) mass is 343 g/mol. The zero-order valence-electron chi connectivity index (χ0n) is 13.3. The lowest BCUT2D eigenvalue weighted by molar-refractivity contribution is -0.111. The van der Waals surface area contributed by atoms with Crippen molar-refractivity contribution in [1.82, 2.24) is 0 Å². The van der Waals surface area contributed by atoms with E-state index in [9.17, 15) is 4.79 Å². The van der Waals surface area contributed by atoms with Crippen LogP contribution in [0.15, 0.2) is 42.5 Å². The van der Waals surface area contributed by atoms with Crippen LogP contribution in [-0.4, -0.2) is 19.1 Å². The molecule has 1 heterocycles. The van der Waals surface area contributed by atoms with Gasteiger partial charge < -0.3 is 14.8 Å². The number of aryl methyl sites for hydroxylation is 1. The summed E-state index contributed by atoms with van der Waals surface area (Å²) in [5.74, 6) is 0.937. The highest BCUT2D eigenvalue weighted by atomic mass is 35.5. The molecule has 0 aromatic heterocycles. The van der Waals surface area contributed by atoms with Gasteiger partial charge in [-0.05, 0) is 18.6 Å². The van der Waals surface area contributed by atoms with Crippen LogP contribution >= 0.6 is 11.6 Å². The maximum absolute atomic E-state index is 12.1. The topological polar surface area (TPSA) is 47.6 Å². The van der Waals surface area contributed by atoms with Gasteiger partial charge in [-0.3, -0.25) is 4.79 Å². The second kappa shape index (κ2) is 7.41. The zero-order chi connectivity index (χ0) is 16.9. The number of halogens is 1. The van der Waals surface area contributed by atoms with E-state index in [1.54, 1.807) is 18.2 Å². The van der Waals surface area contributed by atoms with E-state index in [-0.39, 0.29) is 5.91 Å². The molecule has 0 unspecified atom stereocenters. The Morgan fingerprint density at radius 2 is 1.79 bits per heavy atom. The van der Waals surface area contributed by atoms with E-state index in [4.69, 9.17) is 21.1 Å². The van der Waals surface area contributed by atoms with Crippen LogP contribution < -0.4 is 14.8 Å². The maximum atomic E-state index is 12.1. The van der Waals surface area contributed by atoms with E-state index < -0.39 is 0 Å². The molecule has 0 spiro atoms. The summed E-state index contributed by atoms with van der Waals surface area (Å²) < 4.78 is 11.2. The number of nitrogens with one attached hydrogen (secondary N) is 1. The Labute approximate surface area is 146 Å². The molecule has 0 saturated carbocycles. The maximum Gasteiger partial charge on any atom is 0.248 e. The van der Waals surface area contributed by atoms with E-state index in [0.717, 1.165) is 12.0 Å². The minimum atomic E-state index is -0.257. The summed E-state index contributed by atoms with van der Waals surface area (Å²) in [7, 11) is 0. The van der Waals surface area contributed by atoms with Gasteiger partial charge in [0.2, 0.25) is 5.91 Å². The number of carbonyl (C=O) groups is 1. The van der Waals surface area contributed by atoms with Gasteiger partial charge in [-0.1, -0.05) is 41.4 Å². The van der Waals surface area contributed by atoms with Gasteiger partial charge in [0.1, 0.15) is 0 Å². The lowest BCUT2D eigenvalue weighted by Gasteiger charge is -2.11. The molecule has 0 atom stereocenters. The van der Waals surface area contributed by atoms with Gasteiger partial charge in [0.25, 0.3) is 0 Å². The summed E-state index contributed by atoms with van der Waals surface area (Å²) in [6.07, 6.45) is 4.04. The van der Waals surface area contributed by atoms with Crippen LogP contribution in [0.25, 0.3) is 6.08 Å². The molecule has 5 heteroatoms. The van der Waals surface area contributed by atoms with E-state index in [1.807, 2.05) is 31.2 Å². The molecule has 4 nitrogen and oxygen atoms in total. The Balaban J connectivity index is 1.72. The number of amides is 1. The Kier molecular flexibility index (Phi) is 5.06. The molecule has 3 rings (SSSR count). The van der Waals surface area contributed by atoms with Crippen molar-refractivity contribution in [3.8, 4) is 11.5 Å². The summed E-state index contributed by atoms with van der Waals surface area (Å²) in [5, 5.41) is 3.18. The molecule has 0 aliphatic carbocycles. The van der Waals surface area contributed by atoms with Crippen molar-refractivity contribution in [2.24, 2.45) is 0 Å². The molecule has 2 aromatic carbocycles. The van der Waals surface area contributed by atoms with Crippen LogP contribution in [0.1, 0.15) is 17.5 Å². The fourth-order valence-electron chi connectivity index (χ4n) is 2.30. The van der Waals surface area contributed by atoms with Gasteiger partial charge in [0, 0.05) is 24.6 Å². The fraction of sp³-hybridized carbons (Fsp3) is 0.211. The Morgan fingerprint density at radius 3 is 2.50 bits per heavy atom. The summed E-state index contributed by atoms with van der Waals surface area (Å²) >= 11 is 6.22. The number of rotatable bonds is 3. The lowest BCUT2D eigenvalue weighted by Crippen LogP contribution is -2.08. The second-order valence-electron chi connectivity index (χ2n) is 5.56. The van der Waals surface area contributed by atoms with Crippen LogP contribution in [0.5, 0.6) is 11.5 Å². The van der Waals surface area contributed by atoms with E-state index in [0.29, 0.717) is 35.4 Å². The fourth-order valence-corrected chi connectivity index (χ4v) is 2.50. The first kappa shape index (κ1) is 16.4. The molecule has 2 aromatic rings. The van der Waals surface area contributed by atoms with Crippen LogP contribution in [0.2, 0.25) is 5.02 Å². The number of hydrogen-bond acceptors (Lipinski definition) is 3. The molecule has 24 heavy (non-hydrogen) atoms. The van der Waals surface area contributed by atoms with Crippen molar-refractivity contribution in [3.63, 3.8) is 0 Å². The van der Waals surface area contributed by atoms with Crippen LogP contribution in [-0.2, 0) is 4.79 Å². The van der Waals surface area contributed by atoms with E-state index in [1.165, 1.54) is 11.6 Å². The molecule has 1 amide bonds. The van der Waals surface area contributed by atoms with Crippen molar-refractivity contribution in [3.05, 3.63) is 58.6 Å². The van der Waals surface area contributed by atoms with Crippen molar-refractivity contribution in [1.29, 1.82) is 0 Å². The molecule has 0 bridgehead atoms. The molecular weight excluding hydrogens is 326 g/mol. The normalized spacial score (nSPS) is 13.6. The third kappa shape index (κ3) is 4.09. The highest BCUT2D eigenvalue weighted by Gasteiger charge is 2.14. The molecule has 124 valence electrons. The largest absolute Gasteiger partial charge is 0.490 e. The predicted octanol–water partition coefficient (Wildman–Crippen LogP) is 4.46. The highest BCUT2D eigenvalue weighted by Crippen LogP contribution is 2.37. The third-order valence-corrected chi connectivity index (χ3v) is 3.91. The first-order chi connectivity index (χ1) is 11.6. The number of benzene rings is 2. The summed E-state index contributed by atoms with van der Waals surface area (Å²) in [6.45, 7) is 3.19. The highest BCUT2D eigenvalue weighted by molar-refractivity contribution is 6.34. The van der Waals surface area contributed by atoms with Gasteiger partial charge in [0.05, 0.1) is 23.9 Å². The SMILES string of the molecule is Cc1ccc(/C=C/C(=O)Nc2cc3c(cc2Cl)OCCCO3)cc1.